The number of rotatable bonds is 8. The molecular weight excluding hydrogens is 394 g/mol. The van der Waals surface area contributed by atoms with Crippen LogP contribution in [0, 0.1) is 0 Å². The Labute approximate surface area is 182 Å². The lowest BCUT2D eigenvalue weighted by molar-refractivity contribution is -0.153. The van der Waals surface area contributed by atoms with Crippen molar-refractivity contribution >= 4 is 29.1 Å². The fraction of sp³-hybridized carbons (Fsp3) is 0.360. The minimum Gasteiger partial charge on any atom is -0.453 e. The first kappa shape index (κ1) is 22.4. The van der Waals surface area contributed by atoms with E-state index in [0.29, 0.717) is 16.8 Å². The normalized spacial score (nSPS) is 13.6. The summed E-state index contributed by atoms with van der Waals surface area (Å²) in [5, 5.41) is 2.64. The summed E-state index contributed by atoms with van der Waals surface area (Å²) in [6.45, 7) is 2.94. The number of amides is 1. The zero-order valence-electron chi connectivity index (χ0n) is 17.9. The van der Waals surface area contributed by atoms with Crippen molar-refractivity contribution in [3.05, 3.63) is 64.7 Å². The van der Waals surface area contributed by atoms with Crippen molar-refractivity contribution in [2.24, 2.45) is 0 Å². The van der Waals surface area contributed by atoms with Gasteiger partial charge in [0.05, 0.1) is 6.42 Å². The molecule has 0 fully saturated rings. The average Bonchev–Trinajstić information content (AvgIpc) is 2.77. The number of Topliss-reactive ketones (excluding diaryl/α,β-unsaturated/α-hetero) is 2. The molecule has 0 heterocycles. The molecule has 1 aliphatic rings. The maximum atomic E-state index is 12.5. The van der Waals surface area contributed by atoms with Gasteiger partial charge in [-0.3, -0.25) is 19.2 Å². The van der Waals surface area contributed by atoms with Crippen LogP contribution in [0.2, 0.25) is 0 Å². The second kappa shape index (κ2) is 10.2. The zero-order chi connectivity index (χ0) is 22.4. The van der Waals surface area contributed by atoms with E-state index in [1.165, 1.54) is 31.4 Å². The number of carbonyl (C=O) groups excluding carboxylic acids is 4. The van der Waals surface area contributed by atoms with Gasteiger partial charge >= 0.3 is 5.97 Å². The Balaban J connectivity index is 1.46. The second-order valence-electron chi connectivity index (χ2n) is 7.87. The fourth-order valence-corrected chi connectivity index (χ4v) is 3.61. The molecule has 3 rings (SSSR count). The minimum atomic E-state index is -1.00. The standard InChI is InChI=1S/C25H27NO5/c1-16(27)18-9-11-22(12-10-18)26-25(30)17(2)31-24(29)14-13-23(28)21-8-7-19-5-3-4-6-20(19)15-21/h7-12,15,17H,3-6,13-14H2,1-2H3,(H,26,30)/t17-/m1/s1. The van der Waals surface area contributed by atoms with E-state index in [1.807, 2.05) is 18.2 Å². The molecule has 6 heteroatoms. The van der Waals surface area contributed by atoms with Crippen LogP contribution in [0.15, 0.2) is 42.5 Å². The fourth-order valence-electron chi connectivity index (χ4n) is 3.61. The Bertz CT molecular complexity index is 993. The lowest BCUT2D eigenvalue weighted by Crippen LogP contribution is -2.30. The highest BCUT2D eigenvalue weighted by Crippen LogP contribution is 2.23. The van der Waals surface area contributed by atoms with Gasteiger partial charge < -0.3 is 10.1 Å². The highest BCUT2D eigenvalue weighted by Gasteiger charge is 2.19. The highest BCUT2D eigenvalue weighted by atomic mass is 16.5. The Kier molecular flexibility index (Phi) is 7.34. The summed E-state index contributed by atoms with van der Waals surface area (Å²) in [5.74, 6) is -1.25. The first-order valence-electron chi connectivity index (χ1n) is 10.6. The molecule has 2 aromatic carbocycles. The predicted molar refractivity (Wildman–Crippen MR) is 117 cm³/mol. The number of anilines is 1. The third-order valence-electron chi connectivity index (χ3n) is 5.46. The molecule has 0 radical (unpaired) electrons. The molecule has 6 nitrogen and oxygen atoms in total. The van der Waals surface area contributed by atoms with E-state index in [4.69, 9.17) is 4.74 Å². The molecule has 0 aromatic heterocycles. The van der Waals surface area contributed by atoms with Gasteiger partial charge in [-0.2, -0.15) is 0 Å². The van der Waals surface area contributed by atoms with Crippen LogP contribution in [0.5, 0.6) is 0 Å². The highest BCUT2D eigenvalue weighted by molar-refractivity contribution is 5.99. The average molecular weight is 421 g/mol. The van der Waals surface area contributed by atoms with E-state index < -0.39 is 18.0 Å². The van der Waals surface area contributed by atoms with Crippen molar-refractivity contribution in [2.45, 2.75) is 58.5 Å². The number of esters is 1. The maximum Gasteiger partial charge on any atom is 0.307 e. The summed E-state index contributed by atoms with van der Waals surface area (Å²) in [6.07, 6.45) is 3.32. The molecule has 1 aliphatic carbocycles. The molecule has 0 saturated heterocycles. The molecular formula is C25H27NO5. The monoisotopic (exact) mass is 421 g/mol. The molecule has 0 spiro atoms. The van der Waals surface area contributed by atoms with Gasteiger partial charge in [0.25, 0.3) is 5.91 Å². The smallest absolute Gasteiger partial charge is 0.307 e. The Morgan fingerprint density at radius 3 is 2.23 bits per heavy atom. The first-order valence-corrected chi connectivity index (χ1v) is 10.6. The third-order valence-corrected chi connectivity index (χ3v) is 5.46. The SMILES string of the molecule is CC(=O)c1ccc(NC(=O)[C@@H](C)OC(=O)CCC(=O)c2ccc3c(c2)CCCC3)cc1. The van der Waals surface area contributed by atoms with Crippen LogP contribution in [0.3, 0.4) is 0 Å². The number of aryl methyl sites for hydroxylation is 2. The molecule has 1 amide bonds. The molecule has 1 atom stereocenters. The second-order valence-corrected chi connectivity index (χ2v) is 7.87. The van der Waals surface area contributed by atoms with Crippen LogP contribution in [0.4, 0.5) is 5.69 Å². The van der Waals surface area contributed by atoms with E-state index in [-0.39, 0.29) is 24.4 Å². The summed E-state index contributed by atoms with van der Waals surface area (Å²) in [4.78, 5) is 48.1. The Morgan fingerprint density at radius 1 is 0.903 bits per heavy atom. The van der Waals surface area contributed by atoms with E-state index in [0.717, 1.165) is 19.3 Å². The van der Waals surface area contributed by atoms with Gasteiger partial charge in [0.1, 0.15) is 0 Å². The molecule has 0 unspecified atom stereocenters. The number of hydrogen-bond acceptors (Lipinski definition) is 5. The predicted octanol–water partition coefficient (Wildman–Crippen LogP) is 4.30. The van der Waals surface area contributed by atoms with Gasteiger partial charge in [-0.05, 0) is 81.0 Å². The lowest BCUT2D eigenvalue weighted by atomic mass is 9.89. The van der Waals surface area contributed by atoms with Gasteiger partial charge in [-0.15, -0.1) is 0 Å². The van der Waals surface area contributed by atoms with Crippen LogP contribution in [-0.4, -0.2) is 29.5 Å². The molecule has 31 heavy (non-hydrogen) atoms. The van der Waals surface area contributed by atoms with Crippen molar-refractivity contribution in [3.8, 4) is 0 Å². The summed E-state index contributed by atoms with van der Waals surface area (Å²) >= 11 is 0. The van der Waals surface area contributed by atoms with Crippen molar-refractivity contribution in [1.82, 2.24) is 0 Å². The van der Waals surface area contributed by atoms with Gasteiger partial charge in [0, 0.05) is 23.2 Å². The van der Waals surface area contributed by atoms with Crippen molar-refractivity contribution in [1.29, 1.82) is 0 Å². The number of ether oxygens (including phenoxy) is 1. The largest absolute Gasteiger partial charge is 0.453 e. The molecule has 162 valence electrons. The number of carbonyl (C=O) groups is 4. The van der Waals surface area contributed by atoms with Gasteiger partial charge in [0.2, 0.25) is 0 Å². The number of nitrogens with one attached hydrogen (secondary N) is 1. The topological polar surface area (TPSA) is 89.5 Å². The molecule has 2 aromatic rings. The van der Waals surface area contributed by atoms with Crippen LogP contribution >= 0.6 is 0 Å². The summed E-state index contributed by atoms with van der Waals surface area (Å²) in [7, 11) is 0. The van der Waals surface area contributed by atoms with Crippen LogP contribution in [0.25, 0.3) is 0 Å². The third kappa shape index (κ3) is 6.10. The zero-order valence-corrected chi connectivity index (χ0v) is 17.9. The van der Waals surface area contributed by atoms with Crippen molar-refractivity contribution in [3.63, 3.8) is 0 Å². The summed E-state index contributed by atoms with van der Waals surface area (Å²) in [5.41, 5.74) is 4.19. The maximum absolute atomic E-state index is 12.5. The summed E-state index contributed by atoms with van der Waals surface area (Å²) in [6, 6.07) is 12.2. The number of hydrogen-bond donors (Lipinski definition) is 1. The Morgan fingerprint density at radius 2 is 1.55 bits per heavy atom. The van der Waals surface area contributed by atoms with E-state index in [2.05, 4.69) is 5.32 Å². The molecule has 0 bridgehead atoms. The molecule has 1 N–H and O–H groups in total. The van der Waals surface area contributed by atoms with E-state index in [1.54, 1.807) is 24.3 Å². The van der Waals surface area contributed by atoms with Crippen LogP contribution in [0.1, 0.15) is 71.4 Å². The lowest BCUT2D eigenvalue weighted by Gasteiger charge is -2.16. The number of benzene rings is 2. The Hall–Kier alpha value is -3.28. The van der Waals surface area contributed by atoms with E-state index in [9.17, 15) is 19.2 Å². The number of ketones is 2. The van der Waals surface area contributed by atoms with Gasteiger partial charge in [-0.1, -0.05) is 12.1 Å². The summed E-state index contributed by atoms with van der Waals surface area (Å²) < 4.78 is 5.17. The van der Waals surface area contributed by atoms with Gasteiger partial charge in [-0.25, -0.2) is 0 Å². The quantitative estimate of drug-likeness (QED) is 0.507. The van der Waals surface area contributed by atoms with E-state index >= 15 is 0 Å². The number of fused-ring (bicyclic) bond motifs is 1. The van der Waals surface area contributed by atoms with Crippen LogP contribution < -0.4 is 5.32 Å². The first-order chi connectivity index (χ1) is 14.8. The minimum absolute atomic E-state index is 0.0401. The van der Waals surface area contributed by atoms with Crippen molar-refractivity contribution in [2.75, 3.05) is 5.32 Å². The molecule has 0 saturated carbocycles. The van der Waals surface area contributed by atoms with Crippen LogP contribution in [-0.2, 0) is 27.2 Å². The van der Waals surface area contributed by atoms with Crippen molar-refractivity contribution < 1.29 is 23.9 Å². The van der Waals surface area contributed by atoms with Gasteiger partial charge in [0.15, 0.2) is 17.7 Å². The molecule has 0 aliphatic heterocycles.